The van der Waals surface area contributed by atoms with E-state index in [-0.39, 0.29) is 11.6 Å². The van der Waals surface area contributed by atoms with E-state index in [1.807, 2.05) is 30.3 Å². The number of ether oxygens (including phenoxy) is 1. The minimum atomic E-state index is -3.87. The molecule has 0 bridgehead atoms. The van der Waals surface area contributed by atoms with Gasteiger partial charge in [-0.05, 0) is 17.7 Å². The van der Waals surface area contributed by atoms with Crippen molar-refractivity contribution >= 4 is 10.3 Å². The molecule has 21 heavy (non-hydrogen) atoms. The molecular weight excluding hydrogens is 292 g/mol. The Bertz CT molecular complexity index is 687. The highest BCUT2D eigenvalue weighted by Gasteiger charge is 2.19. The van der Waals surface area contributed by atoms with Crippen LogP contribution in [-0.2, 0) is 16.9 Å². The Kier molecular flexibility index (Phi) is 4.77. The highest BCUT2D eigenvalue weighted by Crippen LogP contribution is 2.26. The van der Waals surface area contributed by atoms with E-state index in [1.165, 1.54) is 20.3 Å². The molecule has 0 saturated heterocycles. The van der Waals surface area contributed by atoms with E-state index in [1.54, 1.807) is 12.1 Å². The molecule has 0 aliphatic rings. The Morgan fingerprint density at radius 2 is 1.81 bits per heavy atom. The number of aromatic nitrogens is 1. The standard InChI is InChI=1S/C14H16N2O4S/c1-16(2)21(17,18)20-14-13(9-6-10-15-14)19-11-12-7-4-3-5-8-12/h3-10H,11H2,1-2H3. The van der Waals surface area contributed by atoms with Crippen molar-refractivity contribution in [2.45, 2.75) is 6.61 Å². The summed E-state index contributed by atoms with van der Waals surface area (Å²) in [4.78, 5) is 3.91. The van der Waals surface area contributed by atoms with Crippen LogP contribution in [0.5, 0.6) is 11.6 Å². The van der Waals surface area contributed by atoms with Crippen LogP contribution < -0.4 is 8.92 Å². The Labute approximate surface area is 124 Å². The lowest BCUT2D eigenvalue weighted by Gasteiger charge is -2.14. The summed E-state index contributed by atoms with van der Waals surface area (Å²) in [6, 6.07) is 12.8. The van der Waals surface area contributed by atoms with E-state index >= 15 is 0 Å². The van der Waals surface area contributed by atoms with Crippen molar-refractivity contribution < 1.29 is 17.3 Å². The first-order valence-electron chi connectivity index (χ1n) is 6.23. The molecule has 0 unspecified atom stereocenters. The molecule has 0 spiro atoms. The number of benzene rings is 1. The van der Waals surface area contributed by atoms with E-state index in [9.17, 15) is 8.42 Å². The third-order valence-corrected chi connectivity index (χ3v) is 3.87. The van der Waals surface area contributed by atoms with E-state index in [0.717, 1.165) is 9.87 Å². The van der Waals surface area contributed by atoms with Crippen LogP contribution in [0.3, 0.4) is 0 Å². The molecule has 0 fully saturated rings. The van der Waals surface area contributed by atoms with Gasteiger partial charge in [0.1, 0.15) is 6.61 Å². The van der Waals surface area contributed by atoms with Crippen LogP contribution in [0.15, 0.2) is 48.7 Å². The van der Waals surface area contributed by atoms with Gasteiger partial charge >= 0.3 is 10.3 Å². The van der Waals surface area contributed by atoms with Crippen LogP contribution in [0.1, 0.15) is 5.56 Å². The summed E-state index contributed by atoms with van der Waals surface area (Å²) < 4.78 is 35.0. The molecule has 2 aromatic rings. The van der Waals surface area contributed by atoms with E-state index < -0.39 is 10.3 Å². The lowest BCUT2D eigenvalue weighted by Crippen LogP contribution is -2.27. The summed E-state index contributed by atoms with van der Waals surface area (Å²) in [6.07, 6.45) is 1.44. The van der Waals surface area contributed by atoms with Crippen LogP contribution in [0.4, 0.5) is 0 Å². The molecule has 0 aliphatic heterocycles. The van der Waals surface area contributed by atoms with Gasteiger partial charge in [-0.15, -0.1) is 0 Å². The molecule has 1 aromatic heterocycles. The van der Waals surface area contributed by atoms with Gasteiger partial charge in [0.05, 0.1) is 0 Å². The zero-order valence-electron chi connectivity index (χ0n) is 11.8. The summed E-state index contributed by atoms with van der Waals surface area (Å²) in [6.45, 7) is 0.297. The minimum absolute atomic E-state index is 0.0814. The van der Waals surface area contributed by atoms with Crippen molar-refractivity contribution in [2.24, 2.45) is 0 Å². The maximum atomic E-state index is 11.7. The lowest BCUT2D eigenvalue weighted by atomic mass is 10.2. The number of rotatable bonds is 6. The number of pyridine rings is 1. The third-order valence-electron chi connectivity index (χ3n) is 2.60. The second-order valence-electron chi connectivity index (χ2n) is 4.40. The number of hydrogen-bond acceptors (Lipinski definition) is 5. The quantitative estimate of drug-likeness (QED) is 0.814. The smallest absolute Gasteiger partial charge is 0.386 e. The van der Waals surface area contributed by atoms with E-state index in [0.29, 0.717) is 6.61 Å². The normalized spacial score (nSPS) is 11.4. The number of nitrogens with zero attached hydrogens (tertiary/aromatic N) is 2. The highest BCUT2D eigenvalue weighted by atomic mass is 32.2. The summed E-state index contributed by atoms with van der Waals surface area (Å²) in [5, 5.41) is 0. The van der Waals surface area contributed by atoms with E-state index in [4.69, 9.17) is 8.92 Å². The minimum Gasteiger partial charge on any atom is -0.483 e. The third kappa shape index (κ3) is 4.17. The maximum Gasteiger partial charge on any atom is 0.386 e. The van der Waals surface area contributed by atoms with Crippen molar-refractivity contribution in [3.05, 3.63) is 54.2 Å². The summed E-state index contributed by atoms with van der Waals surface area (Å²) >= 11 is 0. The average Bonchev–Trinajstić information content (AvgIpc) is 2.47. The maximum absolute atomic E-state index is 11.7. The zero-order chi connectivity index (χ0) is 15.3. The van der Waals surface area contributed by atoms with Crippen LogP contribution in [-0.4, -0.2) is 31.8 Å². The molecule has 0 saturated carbocycles. The first kappa shape index (κ1) is 15.3. The van der Waals surface area contributed by atoms with Gasteiger partial charge < -0.3 is 8.92 Å². The van der Waals surface area contributed by atoms with E-state index in [2.05, 4.69) is 4.98 Å². The van der Waals surface area contributed by atoms with Crippen molar-refractivity contribution in [3.8, 4) is 11.6 Å². The Morgan fingerprint density at radius 1 is 1.10 bits per heavy atom. The molecule has 1 heterocycles. The first-order chi connectivity index (χ1) is 9.99. The van der Waals surface area contributed by atoms with Crippen molar-refractivity contribution in [3.63, 3.8) is 0 Å². The van der Waals surface area contributed by atoms with Crippen LogP contribution >= 0.6 is 0 Å². The molecule has 0 atom stereocenters. The average molecular weight is 308 g/mol. The van der Waals surface area contributed by atoms with Gasteiger partial charge in [0, 0.05) is 20.3 Å². The molecule has 7 heteroatoms. The summed E-state index contributed by atoms with van der Waals surface area (Å²) in [5.74, 6) is 0.189. The van der Waals surface area contributed by atoms with Gasteiger partial charge in [-0.1, -0.05) is 30.3 Å². The fraction of sp³-hybridized carbons (Fsp3) is 0.214. The van der Waals surface area contributed by atoms with Crippen LogP contribution in [0, 0.1) is 0 Å². The number of hydrogen-bond donors (Lipinski definition) is 0. The molecule has 0 aliphatic carbocycles. The topological polar surface area (TPSA) is 68.7 Å². The molecule has 0 N–H and O–H groups in total. The Morgan fingerprint density at radius 3 is 2.48 bits per heavy atom. The molecule has 2 rings (SSSR count). The monoisotopic (exact) mass is 308 g/mol. The van der Waals surface area contributed by atoms with Gasteiger partial charge in [-0.3, -0.25) is 0 Å². The molecule has 1 aromatic carbocycles. The predicted molar refractivity (Wildman–Crippen MR) is 78.2 cm³/mol. The molecule has 0 radical (unpaired) electrons. The second-order valence-corrected chi connectivity index (χ2v) is 6.16. The zero-order valence-corrected chi connectivity index (χ0v) is 12.6. The molecule has 112 valence electrons. The first-order valence-corrected chi connectivity index (χ1v) is 7.59. The van der Waals surface area contributed by atoms with Crippen molar-refractivity contribution in [1.29, 1.82) is 0 Å². The van der Waals surface area contributed by atoms with Crippen molar-refractivity contribution in [1.82, 2.24) is 9.29 Å². The summed E-state index contributed by atoms with van der Waals surface area (Å²) in [7, 11) is -1.11. The fourth-order valence-electron chi connectivity index (χ4n) is 1.46. The largest absolute Gasteiger partial charge is 0.483 e. The molecular formula is C14H16N2O4S. The van der Waals surface area contributed by atoms with Gasteiger partial charge in [-0.25, -0.2) is 4.98 Å². The van der Waals surface area contributed by atoms with Crippen LogP contribution in [0.25, 0.3) is 0 Å². The second kappa shape index (κ2) is 6.55. The Hall–Kier alpha value is -2.12. The van der Waals surface area contributed by atoms with Crippen LogP contribution in [0.2, 0.25) is 0 Å². The molecule has 0 amide bonds. The van der Waals surface area contributed by atoms with Gasteiger partial charge in [0.2, 0.25) is 0 Å². The van der Waals surface area contributed by atoms with Gasteiger partial charge in [0.25, 0.3) is 5.88 Å². The lowest BCUT2D eigenvalue weighted by molar-refractivity contribution is 0.291. The van der Waals surface area contributed by atoms with Gasteiger partial charge in [-0.2, -0.15) is 12.7 Å². The SMILES string of the molecule is CN(C)S(=O)(=O)Oc1ncccc1OCc1ccccc1. The summed E-state index contributed by atoms with van der Waals surface area (Å²) in [5.41, 5.74) is 0.961. The highest BCUT2D eigenvalue weighted by molar-refractivity contribution is 7.84. The Balaban J connectivity index is 2.14. The molecule has 6 nitrogen and oxygen atoms in total. The van der Waals surface area contributed by atoms with Crippen molar-refractivity contribution in [2.75, 3.05) is 14.1 Å². The predicted octanol–water partition coefficient (Wildman–Crippen LogP) is 1.85. The van der Waals surface area contributed by atoms with Gasteiger partial charge in [0.15, 0.2) is 5.75 Å². The fourth-order valence-corrected chi connectivity index (χ4v) is 1.93.